The average Bonchev–Trinajstić information content (AvgIpc) is 3.26. The number of rotatable bonds is 12. The van der Waals surface area contributed by atoms with Gasteiger partial charge in [-0.25, -0.2) is 5.84 Å². The van der Waals surface area contributed by atoms with Gasteiger partial charge in [-0.05, 0) is 57.8 Å². The van der Waals surface area contributed by atoms with Gasteiger partial charge >= 0.3 is 6.18 Å². The highest BCUT2D eigenvalue weighted by molar-refractivity contribution is 6.06. The molecule has 1 aromatic heterocycles. The zero-order valence-electron chi connectivity index (χ0n) is 24.9. The first-order chi connectivity index (χ1) is 19.8. The van der Waals surface area contributed by atoms with E-state index in [1.54, 1.807) is 42.3 Å². The minimum Gasteiger partial charge on any atom is -0.494 e. The Hall–Kier alpha value is -4.07. The lowest BCUT2D eigenvalue weighted by Crippen LogP contribution is -2.27. The molecule has 4 N–H and O–H groups in total. The van der Waals surface area contributed by atoms with Crippen molar-refractivity contribution in [2.24, 2.45) is 12.9 Å². The lowest BCUT2D eigenvalue weighted by Gasteiger charge is -2.21. The van der Waals surface area contributed by atoms with Gasteiger partial charge in [-0.2, -0.15) is 18.3 Å². The van der Waals surface area contributed by atoms with Crippen LogP contribution in [-0.4, -0.2) is 62.0 Å². The predicted molar refractivity (Wildman–Crippen MR) is 157 cm³/mol. The molecule has 13 heteroatoms. The number of aromatic nitrogens is 2. The molecular formula is C29H38F3N7O3. The third kappa shape index (κ3) is 7.81. The summed E-state index contributed by atoms with van der Waals surface area (Å²) < 4.78 is 54.1. The number of alkyl halides is 3. The number of anilines is 2. The summed E-state index contributed by atoms with van der Waals surface area (Å²) in [5.41, 5.74) is 3.05. The molecule has 0 unspecified atom stereocenters. The number of aryl methyl sites for hydroxylation is 2. The third-order valence-corrected chi connectivity index (χ3v) is 6.70. The highest BCUT2D eigenvalue weighted by Gasteiger charge is 2.33. The normalized spacial score (nSPS) is 12.0. The van der Waals surface area contributed by atoms with Gasteiger partial charge in [0, 0.05) is 49.2 Å². The summed E-state index contributed by atoms with van der Waals surface area (Å²) in [6.45, 7) is 4.52. The molecule has 42 heavy (non-hydrogen) atoms. The maximum absolute atomic E-state index is 13.8. The molecule has 0 atom stereocenters. The van der Waals surface area contributed by atoms with E-state index in [0.717, 1.165) is 29.0 Å². The van der Waals surface area contributed by atoms with Crippen molar-refractivity contribution in [1.82, 2.24) is 20.0 Å². The molecule has 0 bridgehead atoms. The van der Waals surface area contributed by atoms with Crippen LogP contribution in [0.3, 0.4) is 0 Å². The Morgan fingerprint density at radius 3 is 2.48 bits per heavy atom. The van der Waals surface area contributed by atoms with Crippen LogP contribution in [0.2, 0.25) is 0 Å². The van der Waals surface area contributed by atoms with E-state index < -0.39 is 17.6 Å². The maximum atomic E-state index is 13.8. The van der Waals surface area contributed by atoms with Crippen LogP contribution < -0.4 is 26.2 Å². The number of nitrogens with zero attached hydrogens (tertiary/aromatic N) is 4. The lowest BCUT2D eigenvalue weighted by molar-refractivity contribution is -0.137. The topological polar surface area (TPSA) is 110 Å². The summed E-state index contributed by atoms with van der Waals surface area (Å²) in [5.74, 6) is 5.84. The van der Waals surface area contributed by atoms with Gasteiger partial charge in [-0.3, -0.25) is 14.5 Å². The van der Waals surface area contributed by atoms with E-state index in [4.69, 9.17) is 15.3 Å². The fourth-order valence-corrected chi connectivity index (χ4v) is 4.19. The number of likely N-dealkylation sites (N-methyl/N-ethyl adjacent to an activating group) is 1. The van der Waals surface area contributed by atoms with Crippen LogP contribution in [0.5, 0.6) is 5.75 Å². The summed E-state index contributed by atoms with van der Waals surface area (Å²) in [6.07, 6.45) is -1.26. The van der Waals surface area contributed by atoms with Gasteiger partial charge in [0.1, 0.15) is 5.75 Å². The van der Waals surface area contributed by atoms with E-state index in [0.29, 0.717) is 24.5 Å². The molecule has 0 saturated heterocycles. The van der Waals surface area contributed by atoms with Crippen LogP contribution in [0, 0.1) is 13.8 Å². The number of nitrogens with one attached hydrogen (secondary N) is 2. The molecule has 10 nitrogen and oxygen atoms in total. The van der Waals surface area contributed by atoms with Gasteiger partial charge in [0.25, 0.3) is 5.91 Å². The summed E-state index contributed by atoms with van der Waals surface area (Å²) in [7, 11) is 8.64. The number of halogens is 3. The van der Waals surface area contributed by atoms with Gasteiger partial charge in [0.2, 0.25) is 0 Å². The molecule has 0 fully saturated rings. The van der Waals surface area contributed by atoms with Crippen molar-refractivity contribution in [3.05, 3.63) is 76.2 Å². The highest BCUT2D eigenvalue weighted by Crippen LogP contribution is 2.38. The minimum atomic E-state index is -4.65. The van der Waals surface area contributed by atoms with Crippen LogP contribution in [0.25, 0.3) is 5.70 Å². The van der Waals surface area contributed by atoms with Crippen LogP contribution in [0.1, 0.15) is 38.3 Å². The summed E-state index contributed by atoms with van der Waals surface area (Å²) in [5, 5.41) is 11.3. The minimum absolute atomic E-state index is 0.0856. The Kier molecular flexibility index (Phi) is 10.6. The first-order valence-electron chi connectivity index (χ1n) is 13.1. The van der Waals surface area contributed by atoms with E-state index in [9.17, 15) is 18.0 Å². The zero-order valence-corrected chi connectivity index (χ0v) is 24.9. The number of carbonyl (C=O) groups is 1. The van der Waals surface area contributed by atoms with E-state index in [1.807, 2.05) is 39.9 Å². The van der Waals surface area contributed by atoms with Crippen LogP contribution in [-0.2, 0) is 24.6 Å². The van der Waals surface area contributed by atoms with Gasteiger partial charge in [-0.1, -0.05) is 6.07 Å². The Balaban J connectivity index is 1.93. The van der Waals surface area contributed by atoms with E-state index in [2.05, 4.69) is 15.7 Å². The molecule has 0 aliphatic rings. The fraction of sp³-hybridized carbons (Fsp3) is 0.379. The van der Waals surface area contributed by atoms with Crippen molar-refractivity contribution in [2.75, 3.05) is 51.7 Å². The number of ether oxygens (including phenoxy) is 2. The van der Waals surface area contributed by atoms with Crippen molar-refractivity contribution in [2.45, 2.75) is 26.6 Å². The number of amides is 1. The smallest absolute Gasteiger partial charge is 0.416 e. The molecule has 0 aliphatic heterocycles. The lowest BCUT2D eigenvalue weighted by atomic mass is 10.1. The molecule has 0 radical (unpaired) electrons. The predicted octanol–water partition coefficient (Wildman–Crippen LogP) is 4.29. The Morgan fingerprint density at radius 1 is 1.19 bits per heavy atom. The third-order valence-electron chi connectivity index (χ3n) is 6.70. The van der Waals surface area contributed by atoms with E-state index >= 15 is 0 Å². The van der Waals surface area contributed by atoms with Gasteiger partial charge in [0.15, 0.2) is 0 Å². The van der Waals surface area contributed by atoms with Crippen molar-refractivity contribution in [1.29, 1.82) is 0 Å². The molecule has 1 amide bonds. The van der Waals surface area contributed by atoms with Crippen molar-refractivity contribution < 1.29 is 27.4 Å². The molecule has 2 aromatic carbocycles. The summed E-state index contributed by atoms with van der Waals surface area (Å²) in [6, 6.07) is 6.66. The Labute approximate surface area is 243 Å². The van der Waals surface area contributed by atoms with Crippen LogP contribution >= 0.6 is 0 Å². The fourth-order valence-electron chi connectivity index (χ4n) is 4.19. The van der Waals surface area contributed by atoms with Crippen molar-refractivity contribution in [3.8, 4) is 5.75 Å². The number of hydrogen-bond donors (Lipinski definition) is 3. The number of carbonyl (C=O) groups excluding carboxylic acids is 1. The van der Waals surface area contributed by atoms with Gasteiger partial charge < -0.3 is 25.0 Å². The molecule has 3 aromatic rings. The Bertz CT molecular complexity index is 1430. The molecule has 0 spiro atoms. The quantitative estimate of drug-likeness (QED) is 0.163. The number of hydrazine groups is 1. The summed E-state index contributed by atoms with van der Waals surface area (Å²) in [4.78, 5) is 15.2. The van der Waals surface area contributed by atoms with Crippen LogP contribution in [0.4, 0.5) is 24.5 Å². The van der Waals surface area contributed by atoms with E-state index in [1.165, 1.54) is 12.1 Å². The first kappa shape index (κ1) is 32.4. The average molecular weight is 590 g/mol. The second-order valence-corrected chi connectivity index (χ2v) is 9.99. The maximum Gasteiger partial charge on any atom is 0.416 e. The zero-order chi connectivity index (χ0) is 31.2. The van der Waals surface area contributed by atoms with Crippen molar-refractivity contribution in [3.63, 3.8) is 0 Å². The highest BCUT2D eigenvalue weighted by atomic mass is 19.4. The SMILES string of the molecule is CN/C(=C\N(N)c1cc(C(=O)Nc2cc(C(F)(F)F)cc(COCCN(C)C)c2OC)ccc1C)c1cnn(C)c1C. The molecule has 0 saturated carbocycles. The van der Waals surface area contributed by atoms with Crippen LogP contribution in [0.15, 0.2) is 42.7 Å². The largest absolute Gasteiger partial charge is 0.494 e. The molecule has 3 rings (SSSR count). The van der Waals surface area contributed by atoms with Crippen molar-refractivity contribution >= 4 is 23.0 Å². The number of benzene rings is 2. The Morgan fingerprint density at radius 2 is 1.90 bits per heavy atom. The van der Waals surface area contributed by atoms with E-state index in [-0.39, 0.29) is 29.2 Å². The first-order valence-corrected chi connectivity index (χ1v) is 13.1. The molecule has 1 heterocycles. The number of hydrogen-bond acceptors (Lipinski definition) is 8. The standard InChI is InChI=1S/C29H38F3N7O3/c1-18-8-9-20(13-26(18)39(33)16-25(34-3)23-15-35-38(6)19(23)2)28(40)36-24-14-22(29(30,31)32)12-21(27(24)41-7)17-42-11-10-37(4)5/h8-9,12-16,34H,10-11,17,33H2,1-7H3,(H,36,40)/b25-16-. The summed E-state index contributed by atoms with van der Waals surface area (Å²) >= 11 is 0. The van der Waals surface area contributed by atoms with Gasteiger partial charge in [0.05, 0.1) is 49.2 Å². The second kappa shape index (κ2) is 13.7. The second-order valence-electron chi connectivity index (χ2n) is 9.99. The molecular weight excluding hydrogens is 551 g/mol. The number of nitrogens with two attached hydrogens (primary N) is 1. The van der Waals surface area contributed by atoms with Gasteiger partial charge in [-0.15, -0.1) is 0 Å². The number of methoxy groups -OCH3 is 1. The molecule has 0 aliphatic carbocycles. The molecule has 228 valence electrons. The monoisotopic (exact) mass is 589 g/mol.